The fourth-order valence-electron chi connectivity index (χ4n) is 1.50. The van der Waals surface area contributed by atoms with Crippen LogP contribution in [0.2, 0.25) is 0 Å². The molecule has 1 aromatic rings. The Bertz CT molecular complexity index is 349. The van der Waals surface area contributed by atoms with Crippen LogP contribution in [0, 0.1) is 0 Å². The van der Waals surface area contributed by atoms with E-state index < -0.39 is 0 Å². The number of thioether (sulfide) groups is 1. The van der Waals surface area contributed by atoms with Gasteiger partial charge in [0.15, 0.2) is 0 Å². The minimum atomic E-state index is -0.324. The third-order valence-electron chi connectivity index (χ3n) is 2.46. The van der Waals surface area contributed by atoms with E-state index in [4.69, 9.17) is 4.74 Å². The van der Waals surface area contributed by atoms with Crippen LogP contribution in [-0.2, 0) is 9.53 Å². The summed E-state index contributed by atoms with van der Waals surface area (Å²) < 4.78 is 4.90. The van der Waals surface area contributed by atoms with Crippen LogP contribution in [0.15, 0.2) is 47.9 Å². The maximum atomic E-state index is 10.8. The molecule has 0 fully saturated rings. The van der Waals surface area contributed by atoms with Crippen molar-refractivity contribution in [3.63, 3.8) is 0 Å². The molecule has 2 nitrogen and oxygen atoms in total. The maximum Gasteiger partial charge on any atom is 0.330 e. The van der Waals surface area contributed by atoms with E-state index in [1.807, 2.05) is 17.8 Å². The Morgan fingerprint density at radius 3 is 2.61 bits per heavy atom. The molecular weight excluding hydrogens is 244 g/mol. The Balaban J connectivity index is 1.90. The number of hydrogen-bond acceptors (Lipinski definition) is 3. The third-order valence-corrected chi connectivity index (χ3v) is 3.56. The molecule has 0 unspecified atom stereocenters. The number of rotatable bonds is 9. The standard InChI is InChI=1S/C15H20O2S/c1-2-15(16)17-12-8-3-4-9-13-18-14-10-6-5-7-11-14/h2,5-7,10-11H,1,3-4,8-9,12-13H2. The van der Waals surface area contributed by atoms with E-state index in [0.29, 0.717) is 6.61 Å². The highest BCUT2D eigenvalue weighted by Gasteiger charge is 1.96. The summed E-state index contributed by atoms with van der Waals surface area (Å²) in [5.41, 5.74) is 0. The highest BCUT2D eigenvalue weighted by molar-refractivity contribution is 7.99. The summed E-state index contributed by atoms with van der Waals surface area (Å²) in [6.07, 6.45) is 5.65. The van der Waals surface area contributed by atoms with Crippen molar-refractivity contribution in [3.8, 4) is 0 Å². The minimum Gasteiger partial charge on any atom is -0.463 e. The molecule has 0 heterocycles. The number of carbonyl (C=O) groups excluding carboxylic acids is 1. The van der Waals surface area contributed by atoms with Crippen molar-refractivity contribution in [2.45, 2.75) is 30.6 Å². The number of hydrogen-bond donors (Lipinski definition) is 0. The molecule has 0 amide bonds. The van der Waals surface area contributed by atoms with Gasteiger partial charge in [-0.3, -0.25) is 0 Å². The SMILES string of the molecule is C=CC(=O)OCCCCCCSc1ccccc1. The number of unbranched alkanes of at least 4 members (excludes halogenated alkanes) is 3. The van der Waals surface area contributed by atoms with Crippen LogP contribution < -0.4 is 0 Å². The normalized spacial score (nSPS) is 10.0. The van der Waals surface area contributed by atoms with E-state index in [1.54, 1.807) is 0 Å². The Hall–Kier alpha value is -1.22. The number of ether oxygens (including phenoxy) is 1. The molecule has 0 aliphatic heterocycles. The van der Waals surface area contributed by atoms with Crippen LogP contribution >= 0.6 is 11.8 Å². The molecule has 1 aromatic carbocycles. The Morgan fingerprint density at radius 1 is 1.17 bits per heavy atom. The number of carbonyl (C=O) groups is 1. The molecule has 1 rings (SSSR count). The predicted octanol–water partition coefficient (Wildman–Crippen LogP) is 4.07. The topological polar surface area (TPSA) is 26.3 Å². The first-order chi connectivity index (χ1) is 8.83. The number of benzene rings is 1. The van der Waals surface area contributed by atoms with Gasteiger partial charge in [0.2, 0.25) is 0 Å². The highest BCUT2D eigenvalue weighted by Crippen LogP contribution is 2.18. The molecule has 98 valence electrons. The minimum absolute atomic E-state index is 0.324. The largest absolute Gasteiger partial charge is 0.463 e. The lowest BCUT2D eigenvalue weighted by atomic mass is 10.2. The van der Waals surface area contributed by atoms with Crippen molar-refractivity contribution in [1.29, 1.82) is 0 Å². The van der Waals surface area contributed by atoms with Crippen LogP contribution in [-0.4, -0.2) is 18.3 Å². The first kappa shape index (κ1) is 14.8. The van der Waals surface area contributed by atoms with Gasteiger partial charge in [0.25, 0.3) is 0 Å². The molecule has 0 spiro atoms. The molecule has 0 aromatic heterocycles. The fraction of sp³-hybridized carbons (Fsp3) is 0.400. The van der Waals surface area contributed by atoms with Crippen LogP contribution in [0.4, 0.5) is 0 Å². The van der Waals surface area contributed by atoms with Crippen molar-refractivity contribution in [2.75, 3.05) is 12.4 Å². The summed E-state index contributed by atoms with van der Waals surface area (Å²) in [6, 6.07) is 10.4. The Labute approximate surface area is 113 Å². The van der Waals surface area contributed by atoms with Crippen molar-refractivity contribution in [2.24, 2.45) is 0 Å². The zero-order valence-electron chi connectivity index (χ0n) is 10.6. The fourth-order valence-corrected chi connectivity index (χ4v) is 2.43. The van der Waals surface area contributed by atoms with Crippen molar-refractivity contribution < 1.29 is 9.53 Å². The average molecular weight is 264 g/mol. The van der Waals surface area contributed by atoms with Crippen LogP contribution in [0.25, 0.3) is 0 Å². The van der Waals surface area contributed by atoms with Gasteiger partial charge in [-0.1, -0.05) is 37.6 Å². The third kappa shape index (κ3) is 7.17. The van der Waals surface area contributed by atoms with Gasteiger partial charge in [0, 0.05) is 11.0 Å². The van der Waals surface area contributed by atoms with Gasteiger partial charge in [0.05, 0.1) is 6.61 Å². The molecule has 0 radical (unpaired) electrons. The van der Waals surface area contributed by atoms with Gasteiger partial charge in [-0.25, -0.2) is 4.79 Å². The smallest absolute Gasteiger partial charge is 0.330 e. The second kappa shape index (κ2) is 9.77. The van der Waals surface area contributed by atoms with E-state index in [2.05, 4.69) is 30.8 Å². The van der Waals surface area contributed by atoms with Gasteiger partial charge < -0.3 is 4.74 Å². The Morgan fingerprint density at radius 2 is 1.89 bits per heavy atom. The summed E-state index contributed by atoms with van der Waals surface area (Å²) in [5.74, 6) is 0.825. The molecule has 0 saturated carbocycles. The van der Waals surface area contributed by atoms with E-state index in [9.17, 15) is 4.79 Å². The van der Waals surface area contributed by atoms with E-state index in [-0.39, 0.29) is 5.97 Å². The molecular formula is C15H20O2S. The molecule has 0 bridgehead atoms. The first-order valence-corrected chi connectivity index (χ1v) is 7.28. The Kier molecular flexibility index (Phi) is 8.06. The molecule has 0 atom stereocenters. The second-order valence-corrected chi connectivity index (χ2v) is 5.12. The zero-order valence-corrected chi connectivity index (χ0v) is 11.5. The lowest BCUT2D eigenvalue weighted by Gasteiger charge is -2.03. The van der Waals surface area contributed by atoms with Gasteiger partial charge in [-0.05, 0) is 30.7 Å². The van der Waals surface area contributed by atoms with E-state index >= 15 is 0 Å². The molecule has 0 saturated heterocycles. The summed E-state index contributed by atoms with van der Waals surface area (Å²) in [5, 5.41) is 0. The lowest BCUT2D eigenvalue weighted by molar-refractivity contribution is -0.137. The molecule has 18 heavy (non-hydrogen) atoms. The van der Waals surface area contributed by atoms with Crippen molar-refractivity contribution in [3.05, 3.63) is 43.0 Å². The van der Waals surface area contributed by atoms with Crippen LogP contribution in [0.3, 0.4) is 0 Å². The van der Waals surface area contributed by atoms with Crippen LogP contribution in [0.5, 0.6) is 0 Å². The van der Waals surface area contributed by atoms with Crippen molar-refractivity contribution in [1.82, 2.24) is 0 Å². The quantitative estimate of drug-likeness (QED) is 0.291. The van der Waals surface area contributed by atoms with Crippen LogP contribution in [0.1, 0.15) is 25.7 Å². The molecule has 0 aliphatic carbocycles. The van der Waals surface area contributed by atoms with Gasteiger partial charge >= 0.3 is 5.97 Å². The lowest BCUT2D eigenvalue weighted by Crippen LogP contribution is -2.01. The van der Waals surface area contributed by atoms with Gasteiger partial charge in [-0.2, -0.15) is 0 Å². The van der Waals surface area contributed by atoms with Gasteiger partial charge in [-0.15, -0.1) is 11.8 Å². The van der Waals surface area contributed by atoms with E-state index in [0.717, 1.165) is 18.6 Å². The molecule has 3 heteroatoms. The molecule has 0 N–H and O–H groups in total. The summed E-state index contributed by atoms with van der Waals surface area (Å²) in [7, 11) is 0. The zero-order chi connectivity index (χ0) is 13.1. The highest BCUT2D eigenvalue weighted by atomic mass is 32.2. The monoisotopic (exact) mass is 264 g/mol. The van der Waals surface area contributed by atoms with E-state index in [1.165, 1.54) is 23.8 Å². The van der Waals surface area contributed by atoms with Crippen molar-refractivity contribution >= 4 is 17.7 Å². The predicted molar refractivity (Wildman–Crippen MR) is 76.8 cm³/mol. The number of esters is 1. The molecule has 0 aliphatic rings. The summed E-state index contributed by atoms with van der Waals surface area (Å²) in [6.45, 7) is 3.86. The van der Waals surface area contributed by atoms with Gasteiger partial charge in [0.1, 0.15) is 0 Å². The second-order valence-electron chi connectivity index (χ2n) is 3.95. The first-order valence-electron chi connectivity index (χ1n) is 6.30. The summed E-state index contributed by atoms with van der Waals surface area (Å²) >= 11 is 1.89. The maximum absolute atomic E-state index is 10.8. The summed E-state index contributed by atoms with van der Waals surface area (Å²) in [4.78, 5) is 12.1. The average Bonchev–Trinajstić information content (AvgIpc) is 2.42.